The smallest absolute Gasteiger partial charge is 0.186 e. The van der Waals surface area contributed by atoms with Crippen LogP contribution in [0.5, 0.6) is 0 Å². The Kier molecular flexibility index (Phi) is 7.20. The minimum atomic E-state index is -1.61. The number of aliphatic hydroxyl groups excluding tert-OH is 5. The zero-order valence-electron chi connectivity index (χ0n) is 13.1. The van der Waals surface area contributed by atoms with E-state index in [0.717, 1.165) is 0 Å². The van der Waals surface area contributed by atoms with E-state index in [4.69, 9.17) is 14.2 Å². The van der Waals surface area contributed by atoms with Crippen LogP contribution in [-0.4, -0.2) is 92.5 Å². The van der Waals surface area contributed by atoms with Crippen LogP contribution in [0.3, 0.4) is 0 Å². The van der Waals surface area contributed by atoms with E-state index >= 15 is 0 Å². The molecule has 2 aliphatic heterocycles. The number of thiocarbonyl (C=S) groups is 1. The first-order chi connectivity index (χ1) is 11.4. The normalized spacial score (nSPS) is 46.3. The molecule has 2 heterocycles. The maximum atomic E-state index is 10.2. The molecule has 0 aromatic carbocycles. The minimum Gasteiger partial charge on any atom is -0.390 e. The molecule has 2 saturated heterocycles. The van der Waals surface area contributed by atoms with Crippen LogP contribution in [0.4, 0.5) is 0 Å². The van der Waals surface area contributed by atoms with Crippen molar-refractivity contribution in [1.82, 2.24) is 0 Å². The van der Waals surface area contributed by atoms with Gasteiger partial charge in [-0.15, -0.1) is 0 Å². The topological polar surface area (TPSA) is 141 Å². The predicted molar refractivity (Wildman–Crippen MR) is 83.2 cm³/mol. The summed E-state index contributed by atoms with van der Waals surface area (Å²) in [5, 5.41) is 51.7. The largest absolute Gasteiger partial charge is 0.390 e. The maximum Gasteiger partial charge on any atom is 0.186 e. The third-order valence-electron chi connectivity index (χ3n) is 4.25. The molecule has 0 amide bonds. The Labute approximate surface area is 144 Å². The summed E-state index contributed by atoms with van der Waals surface area (Å²) in [6.07, 6.45) is -9.84. The quantitative estimate of drug-likeness (QED) is 0.281. The number of ether oxygens (including phenoxy) is 3. The summed E-state index contributed by atoms with van der Waals surface area (Å²) >= 11 is 4.48. The second kappa shape index (κ2) is 8.72. The van der Waals surface area contributed by atoms with Crippen molar-refractivity contribution in [3.8, 4) is 0 Å². The van der Waals surface area contributed by atoms with Crippen molar-refractivity contribution in [2.75, 3.05) is 6.54 Å². The fourth-order valence-electron chi connectivity index (χ4n) is 2.81. The van der Waals surface area contributed by atoms with E-state index in [0.29, 0.717) is 6.42 Å². The van der Waals surface area contributed by atoms with Crippen LogP contribution < -0.4 is 0 Å². The molecule has 0 aliphatic carbocycles. The fourth-order valence-corrected chi connectivity index (χ4v) is 2.88. The van der Waals surface area contributed by atoms with Gasteiger partial charge in [-0.05, 0) is 18.6 Å². The van der Waals surface area contributed by atoms with E-state index in [9.17, 15) is 25.5 Å². The van der Waals surface area contributed by atoms with Crippen molar-refractivity contribution >= 4 is 17.4 Å². The zero-order valence-corrected chi connectivity index (χ0v) is 14.0. The number of aliphatic imine (C=N–C) groups is 1. The van der Waals surface area contributed by atoms with Gasteiger partial charge in [0.1, 0.15) is 30.5 Å². The Hall–Kier alpha value is -0.520. The number of hydrogen-bond donors (Lipinski definition) is 5. The van der Waals surface area contributed by atoms with E-state index in [2.05, 4.69) is 22.4 Å². The lowest BCUT2D eigenvalue weighted by molar-refractivity contribution is -0.339. The molecule has 0 bridgehead atoms. The minimum absolute atomic E-state index is 0.0718. The fraction of sp³-hybridized carbons (Fsp3) is 0.929. The molecule has 0 aromatic heterocycles. The summed E-state index contributed by atoms with van der Waals surface area (Å²) in [5.74, 6) is 0. The third-order valence-corrected chi connectivity index (χ3v) is 4.37. The summed E-state index contributed by atoms with van der Waals surface area (Å²) in [4.78, 5) is 3.70. The van der Waals surface area contributed by atoms with Crippen LogP contribution in [0.2, 0.25) is 0 Å². The molecule has 5 N–H and O–H groups in total. The first-order valence-corrected chi connectivity index (χ1v) is 8.20. The Morgan fingerprint density at radius 2 is 1.83 bits per heavy atom. The number of aliphatic hydroxyl groups is 5. The Balaban J connectivity index is 2.14. The molecule has 2 fully saturated rings. The molecule has 0 spiro atoms. The van der Waals surface area contributed by atoms with Crippen molar-refractivity contribution in [2.45, 2.75) is 75.1 Å². The highest BCUT2D eigenvalue weighted by Crippen LogP contribution is 2.29. The van der Waals surface area contributed by atoms with E-state index < -0.39 is 49.2 Å². The SMILES string of the molecule is CCC1CC(O)C(O)C(OC2C(CN=C=S)OC(O)C(O)C2O)O1. The molecule has 9 atom stereocenters. The van der Waals surface area contributed by atoms with Gasteiger partial charge in [0.15, 0.2) is 12.6 Å². The molecular formula is C14H23NO8S. The van der Waals surface area contributed by atoms with E-state index in [1.54, 1.807) is 0 Å². The van der Waals surface area contributed by atoms with Gasteiger partial charge in [0.2, 0.25) is 0 Å². The Bertz CT molecular complexity index is 462. The lowest BCUT2D eigenvalue weighted by Gasteiger charge is -2.44. The van der Waals surface area contributed by atoms with Crippen LogP contribution in [0.1, 0.15) is 19.8 Å². The monoisotopic (exact) mass is 365 g/mol. The van der Waals surface area contributed by atoms with Gasteiger partial charge in [0.25, 0.3) is 0 Å². The molecule has 2 rings (SSSR count). The molecule has 138 valence electrons. The van der Waals surface area contributed by atoms with Crippen molar-refractivity contribution in [2.24, 2.45) is 4.99 Å². The number of hydrogen-bond acceptors (Lipinski definition) is 10. The Morgan fingerprint density at radius 1 is 1.12 bits per heavy atom. The highest BCUT2D eigenvalue weighted by molar-refractivity contribution is 7.78. The van der Waals surface area contributed by atoms with Crippen molar-refractivity contribution in [3.05, 3.63) is 0 Å². The van der Waals surface area contributed by atoms with Gasteiger partial charge >= 0.3 is 0 Å². The van der Waals surface area contributed by atoms with Crippen LogP contribution in [0.25, 0.3) is 0 Å². The van der Waals surface area contributed by atoms with Gasteiger partial charge < -0.3 is 39.7 Å². The second-order valence-corrected chi connectivity index (χ2v) is 6.09. The van der Waals surface area contributed by atoms with Gasteiger partial charge in [-0.3, -0.25) is 0 Å². The number of rotatable bonds is 5. The first-order valence-electron chi connectivity index (χ1n) is 7.79. The Morgan fingerprint density at radius 3 is 2.46 bits per heavy atom. The van der Waals surface area contributed by atoms with Crippen LogP contribution in [0.15, 0.2) is 4.99 Å². The molecule has 0 aromatic rings. The van der Waals surface area contributed by atoms with Crippen molar-refractivity contribution < 1.29 is 39.7 Å². The third kappa shape index (κ3) is 4.36. The average Bonchev–Trinajstić information content (AvgIpc) is 2.57. The molecule has 10 heteroatoms. The van der Waals surface area contributed by atoms with Gasteiger partial charge in [0, 0.05) is 6.42 Å². The van der Waals surface area contributed by atoms with Gasteiger partial charge in [-0.2, -0.15) is 0 Å². The summed E-state index contributed by atoms with van der Waals surface area (Å²) < 4.78 is 16.3. The molecule has 2 aliphatic rings. The standard InChI is InChI=1S/C14H23NO8S/c1-2-6-3-7(16)9(17)14(21-6)23-12-8(4-15-5-24)22-13(20)11(19)10(12)18/h6-14,16-20H,2-4H2,1H3. The highest BCUT2D eigenvalue weighted by atomic mass is 32.1. The summed E-state index contributed by atoms with van der Waals surface area (Å²) in [6, 6.07) is 0. The van der Waals surface area contributed by atoms with Gasteiger partial charge in [-0.25, -0.2) is 4.99 Å². The second-order valence-electron chi connectivity index (χ2n) is 5.91. The summed E-state index contributed by atoms with van der Waals surface area (Å²) in [7, 11) is 0. The lowest BCUT2D eigenvalue weighted by Crippen LogP contribution is -2.62. The number of isothiocyanates is 1. The lowest BCUT2D eigenvalue weighted by atomic mass is 9.97. The van der Waals surface area contributed by atoms with E-state index in [1.807, 2.05) is 6.92 Å². The van der Waals surface area contributed by atoms with Crippen molar-refractivity contribution in [3.63, 3.8) is 0 Å². The van der Waals surface area contributed by atoms with Crippen LogP contribution in [-0.2, 0) is 14.2 Å². The molecule has 0 saturated carbocycles. The first kappa shape index (κ1) is 19.8. The van der Waals surface area contributed by atoms with Gasteiger partial charge in [-0.1, -0.05) is 6.92 Å². The maximum absolute atomic E-state index is 10.2. The number of nitrogens with zero attached hydrogens (tertiary/aromatic N) is 1. The van der Waals surface area contributed by atoms with Gasteiger partial charge in [0.05, 0.1) is 23.9 Å². The van der Waals surface area contributed by atoms with E-state index in [-0.39, 0.29) is 19.1 Å². The molecule has 9 nitrogen and oxygen atoms in total. The predicted octanol–water partition coefficient (Wildman–Crippen LogP) is -1.84. The molecular weight excluding hydrogens is 342 g/mol. The van der Waals surface area contributed by atoms with Crippen LogP contribution in [0, 0.1) is 0 Å². The average molecular weight is 365 g/mol. The molecule has 0 radical (unpaired) electrons. The zero-order chi connectivity index (χ0) is 17.9. The van der Waals surface area contributed by atoms with E-state index in [1.165, 1.54) is 0 Å². The van der Waals surface area contributed by atoms with Crippen LogP contribution >= 0.6 is 12.2 Å². The summed E-state index contributed by atoms with van der Waals surface area (Å²) in [5.41, 5.74) is 0. The van der Waals surface area contributed by atoms with Crippen molar-refractivity contribution in [1.29, 1.82) is 0 Å². The summed E-state index contributed by atoms with van der Waals surface area (Å²) in [6.45, 7) is 1.79. The highest BCUT2D eigenvalue weighted by Gasteiger charge is 2.48. The molecule has 24 heavy (non-hydrogen) atoms. The molecule has 9 unspecified atom stereocenters.